The number of piperidine rings is 1. The number of carbonyl (C=O) groups excluding carboxylic acids is 1. The molecule has 5 heteroatoms. The third kappa shape index (κ3) is 3.81. The van der Waals surface area contributed by atoms with Crippen LogP contribution in [-0.2, 0) is 16.1 Å². The second-order valence-electron chi connectivity index (χ2n) is 5.64. The molecule has 0 bridgehead atoms. The highest BCUT2D eigenvalue weighted by Gasteiger charge is 2.32. The van der Waals surface area contributed by atoms with Crippen molar-refractivity contribution in [3.05, 3.63) is 22.4 Å². The van der Waals surface area contributed by atoms with E-state index >= 15 is 0 Å². The smallest absolute Gasteiger partial charge is 0.249 e. The molecular weight excluding hydrogens is 272 g/mol. The first kappa shape index (κ1) is 14.0. The molecule has 1 saturated heterocycles. The van der Waals surface area contributed by atoms with Crippen LogP contribution in [0.25, 0.3) is 0 Å². The van der Waals surface area contributed by atoms with Gasteiger partial charge in [-0.2, -0.15) is 11.3 Å². The van der Waals surface area contributed by atoms with Crippen molar-refractivity contribution in [1.29, 1.82) is 0 Å². The number of hydrogen-bond acceptors (Lipinski definition) is 4. The Morgan fingerprint density at radius 1 is 1.35 bits per heavy atom. The maximum Gasteiger partial charge on any atom is 0.249 e. The highest BCUT2D eigenvalue weighted by molar-refractivity contribution is 7.07. The topological polar surface area (TPSA) is 41.6 Å². The summed E-state index contributed by atoms with van der Waals surface area (Å²) in [5.41, 5.74) is 1.23. The van der Waals surface area contributed by atoms with Gasteiger partial charge in [-0.1, -0.05) is 0 Å². The fourth-order valence-electron chi connectivity index (χ4n) is 2.62. The quantitative estimate of drug-likeness (QED) is 0.872. The Morgan fingerprint density at radius 2 is 2.15 bits per heavy atom. The summed E-state index contributed by atoms with van der Waals surface area (Å²) in [6.45, 7) is 2.98. The van der Waals surface area contributed by atoms with Crippen LogP contribution in [0.5, 0.6) is 0 Å². The summed E-state index contributed by atoms with van der Waals surface area (Å²) in [5, 5.41) is 7.50. The maximum atomic E-state index is 12.4. The number of ether oxygens (including phenoxy) is 1. The Hall–Kier alpha value is -0.910. The highest BCUT2D eigenvalue weighted by Crippen LogP contribution is 2.29. The Morgan fingerprint density at radius 3 is 2.80 bits per heavy atom. The lowest BCUT2D eigenvalue weighted by Gasteiger charge is -2.26. The minimum atomic E-state index is 0.150. The van der Waals surface area contributed by atoms with E-state index in [1.54, 1.807) is 11.3 Å². The molecule has 1 saturated carbocycles. The van der Waals surface area contributed by atoms with Crippen molar-refractivity contribution in [2.24, 2.45) is 0 Å². The molecule has 0 spiro atoms. The van der Waals surface area contributed by atoms with Gasteiger partial charge in [0.15, 0.2) is 0 Å². The van der Waals surface area contributed by atoms with Gasteiger partial charge in [-0.15, -0.1) is 0 Å². The van der Waals surface area contributed by atoms with E-state index in [1.165, 1.54) is 5.56 Å². The van der Waals surface area contributed by atoms with Crippen LogP contribution in [0, 0.1) is 0 Å². The normalized spacial score (nSPS) is 20.0. The third-order valence-corrected chi connectivity index (χ3v) is 4.70. The molecule has 1 amide bonds. The standard InChI is InChI=1S/C15H22N2O2S/c18-15(10-19-14-3-6-16-7-4-14)17(13-1-2-13)9-12-5-8-20-11-12/h5,8,11,13-14,16H,1-4,6-7,9-10H2. The van der Waals surface area contributed by atoms with Crippen molar-refractivity contribution in [1.82, 2.24) is 10.2 Å². The molecule has 1 aliphatic carbocycles. The molecule has 0 radical (unpaired) electrons. The summed E-state index contributed by atoms with van der Waals surface area (Å²) in [4.78, 5) is 14.4. The fraction of sp³-hybridized carbons (Fsp3) is 0.667. The van der Waals surface area contributed by atoms with Gasteiger partial charge in [0.1, 0.15) is 6.61 Å². The highest BCUT2D eigenvalue weighted by atomic mass is 32.1. The van der Waals surface area contributed by atoms with Crippen molar-refractivity contribution >= 4 is 17.2 Å². The molecular formula is C15H22N2O2S. The molecule has 1 aliphatic heterocycles. The Labute approximate surface area is 124 Å². The molecule has 1 aromatic heterocycles. The first-order chi connectivity index (χ1) is 9.83. The lowest BCUT2D eigenvalue weighted by molar-refractivity contribution is -0.140. The molecule has 3 rings (SSSR count). The van der Waals surface area contributed by atoms with E-state index in [0.29, 0.717) is 6.04 Å². The molecule has 20 heavy (non-hydrogen) atoms. The summed E-state index contributed by atoms with van der Waals surface area (Å²) >= 11 is 1.69. The summed E-state index contributed by atoms with van der Waals surface area (Å²) < 4.78 is 5.79. The van der Waals surface area contributed by atoms with Gasteiger partial charge >= 0.3 is 0 Å². The zero-order valence-corrected chi connectivity index (χ0v) is 12.5. The van der Waals surface area contributed by atoms with Crippen LogP contribution in [0.15, 0.2) is 16.8 Å². The molecule has 1 N–H and O–H groups in total. The van der Waals surface area contributed by atoms with Gasteiger partial charge in [0, 0.05) is 12.6 Å². The Balaban J connectivity index is 1.50. The number of nitrogens with one attached hydrogen (secondary N) is 1. The molecule has 0 atom stereocenters. The van der Waals surface area contributed by atoms with Crippen LogP contribution < -0.4 is 5.32 Å². The first-order valence-electron chi connectivity index (χ1n) is 7.46. The van der Waals surface area contributed by atoms with E-state index < -0.39 is 0 Å². The van der Waals surface area contributed by atoms with Gasteiger partial charge in [-0.3, -0.25) is 4.79 Å². The molecule has 2 aliphatic rings. The molecule has 2 fully saturated rings. The first-order valence-corrected chi connectivity index (χ1v) is 8.40. The van der Waals surface area contributed by atoms with E-state index in [1.807, 2.05) is 4.90 Å². The third-order valence-electron chi connectivity index (χ3n) is 3.97. The van der Waals surface area contributed by atoms with Gasteiger partial charge < -0.3 is 15.0 Å². The van der Waals surface area contributed by atoms with Crippen molar-refractivity contribution in [3.63, 3.8) is 0 Å². The number of hydrogen-bond donors (Lipinski definition) is 1. The van der Waals surface area contributed by atoms with Gasteiger partial charge in [0.25, 0.3) is 0 Å². The lowest BCUT2D eigenvalue weighted by Crippen LogP contribution is -2.38. The van der Waals surface area contributed by atoms with E-state index in [4.69, 9.17) is 4.74 Å². The molecule has 2 heterocycles. The molecule has 0 aromatic carbocycles. The average Bonchev–Trinajstić information content (AvgIpc) is 3.20. The van der Waals surface area contributed by atoms with Crippen LogP contribution in [0.1, 0.15) is 31.2 Å². The monoisotopic (exact) mass is 294 g/mol. The average molecular weight is 294 g/mol. The predicted molar refractivity (Wildman–Crippen MR) is 79.7 cm³/mol. The summed E-state index contributed by atoms with van der Waals surface area (Å²) in [6.07, 6.45) is 4.57. The molecule has 1 aromatic rings. The zero-order valence-electron chi connectivity index (χ0n) is 11.7. The maximum absolute atomic E-state index is 12.4. The fourth-order valence-corrected chi connectivity index (χ4v) is 3.28. The van der Waals surface area contributed by atoms with E-state index in [2.05, 4.69) is 22.1 Å². The second-order valence-corrected chi connectivity index (χ2v) is 6.42. The van der Waals surface area contributed by atoms with Gasteiger partial charge in [-0.05, 0) is 61.2 Å². The second kappa shape index (κ2) is 6.70. The van der Waals surface area contributed by atoms with Crippen LogP contribution in [0.3, 0.4) is 0 Å². The van der Waals surface area contributed by atoms with Crippen LogP contribution >= 0.6 is 11.3 Å². The molecule has 4 nitrogen and oxygen atoms in total. The van der Waals surface area contributed by atoms with Crippen molar-refractivity contribution in [3.8, 4) is 0 Å². The number of thiophene rings is 1. The number of carbonyl (C=O) groups is 1. The van der Waals surface area contributed by atoms with E-state index in [9.17, 15) is 4.79 Å². The summed E-state index contributed by atoms with van der Waals surface area (Å²) in [7, 11) is 0. The largest absolute Gasteiger partial charge is 0.368 e. The van der Waals surface area contributed by atoms with Crippen LogP contribution in [-0.4, -0.2) is 42.6 Å². The van der Waals surface area contributed by atoms with Gasteiger partial charge in [0.05, 0.1) is 6.10 Å². The molecule has 110 valence electrons. The summed E-state index contributed by atoms with van der Waals surface area (Å²) in [6, 6.07) is 2.54. The van der Waals surface area contributed by atoms with Gasteiger partial charge in [-0.25, -0.2) is 0 Å². The van der Waals surface area contributed by atoms with Crippen LogP contribution in [0.2, 0.25) is 0 Å². The Kier molecular flexibility index (Phi) is 4.70. The van der Waals surface area contributed by atoms with Crippen molar-refractivity contribution in [2.45, 2.75) is 44.4 Å². The lowest BCUT2D eigenvalue weighted by atomic mass is 10.1. The van der Waals surface area contributed by atoms with Crippen molar-refractivity contribution < 1.29 is 9.53 Å². The predicted octanol–water partition coefficient (Wildman–Crippen LogP) is 2.01. The van der Waals surface area contributed by atoms with Crippen LogP contribution in [0.4, 0.5) is 0 Å². The van der Waals surface area contributed by atoms with E-state index in [0.717, 1.165) is 45.3 Å². The zero-order chi connectivity index (χ0) is 13.8. The van der Waals surface area contributed by atoms with Gasteiger partial charge in [0.2, 0.25) is 5.91 Å². The minimum absolute atomic E-state index is 0.150. The van der Waals surface area contributed by atoms with Crippen molar-refractivity contribution in [2.75, 3.05) is 19.7 Å². The number of rotatable bonds is 6. The number of nitrogens with zero attached hydrogens (tertiary/aromatic N) is 1. The summed E-state index contributed by atoms with van der Waals surface area (Å²) in [5.74, 6) is 0.150. The minimum Gasteiger partial charge on any atom is -0.368 e. The van der Waals surface area contributed by atoms with E-state index in [-0.39, 0.29) is 18.6 Å². The molecule has 0 unspecified atom stereocenters. The number of amides is 1. The Bertz CT molecular complexity index is 425. The SMILES string of the molecule is O=C(COC1CCNCC1)N(Cc1ccsc1)C1CC1.